The molecule has 2 rings (SSSR count). The van der Waals surface area contributed by atoms with E-state index < -0.39 is 18.6 Å². The lowest BCUT2D eigenvalue weighted by molar-refractivity contribution is -0.174. The molecule has 1 aromatic heterocycles. The van der Waals surface area contributed by atoms with Crippen LogP contribution in [-0.2, 0) is 6.54 Å². The van der Waals surface area contributed by atoms with E-state index in [-0.39, 0.29) is 6.54 Å². The Balaban J connectivity index is 2.38. The average Bonchev–Trinajstić information content (AvgIpc) is 2.67. The van der Waals surface area contributed by atoms with E-state index in [1.165, 1.54) is 10.9 Å². The van der Waals surface area contributed by atoms with Crippen molar-refractivity contribution in [2.24, 2.45) is 11.7 Å². The molecule has 3 nitrogen and oxygen atoms in total. The molecule has 1 aromatic carbocycles. The van der Waals surface area contributed by atoms with Crippen LogP contribution in [0.5, 0.6) is 0 Å². The van der Waals surface area contributed by atoms with Crippen molar-refractivity contribution in [3.8, 4) is 0 Å². The zero-order valence-electron chi connectivity index (χ0n) is 10.8. The van der Waals surface area contributed by atoms with Gasteiger partial charge in [-0.1, -0.05) is 0 Å². The Morgan fingerprint density at radius 2 is 1.89 bits per heavy atom. The highest BCUT2D eigenvalue weighted by Crippen LogP contribution is 2.28. The highest BCUT2D eigenvalue weighted by atomic mass is 19.4. The molecule has 0 radical (unpaired) electrons. The van der Waals surface area contributed by atoms with Crippen LogP contribution in [0.4, 0.5) is 13.2 Å². The molecular weight excluding hydrogens is 255 g/mol. The average molecular weight is 271 g/mol. The van der Waals surface area contributed by atoms with Gasteiger partial charge in [-0.15, -0.1) is 0 Å². The van der Waals surface area contributed by atoms with Crippen molar-refractivity contribution in [2.45, 2.75) is 26.6 Å². The first-order valence-electron chi connectivity index (χ1n) is 6.01. The van der Waals surface area contributed by atoms with Crippen molar-refractivity contribution < 1.29 is 13.2 Å². The van der Waals surface area contributed by atoms with E-state index in [1.807, 2.05) is 26.0 Å². The van der Waals surface area contributed by atoms with Crippen LogP contribution in [-0.4, -0.2) is 22.3 Å². The predicted molar refractivity (Wildman–Crippen MR) is 67.8 cm³/mol. The Kier molecular flexibility index (Phi) is 3.54. The van der Waals surface area contributed by atoms with Gasteiger partial charge < -0.3 is 10.3 Å². The van der Waals surface area contributed by atoms with E-state index in [0.29, 0.717) is 11.0 Å². The van der Waals surface area contributed by atoms with Crippen molar-refractivity contribution in [3.05, 3.63) is 29.6 Å². The Labute approximate surface area is 109 Å². The van der Waals surface area contributed by atoms with E-state index in [2.05, 4.69) is 4.98 Å². The number of halogens is 3. The Bertz CT molecular complexity index is 587. The van der Waals surface area contributed by atoms with Crippen LogP contribution >= 0.6 is 0 Å². The number of aromatic nitrogens is 2. The predicted octanol–water partition coefficient (Wildman–Crippen LogP) is 2.79. The number of rotatable bonds is 3. The molecule has 1 unspecified atom stereocenters. The fraction of sp³-hybridized carbons (Fsp3) is 0.462. The van der Waals surface area contributed by atoms with Gasteiger partial charge in [0.2, 0.25) is 0 Å². The number of alkyl halides is 3. The summed E-state index contributed by atoms with van der Waals surface area (Å²) in [6, 6.07) is 3.74. The first kappa shape index (κ1) is 13.9. The molecular formula is C13H16F3N3. The van der Waals surface area contributed by atoms with Crippen molar-refractivity contribution >= 4 is 11.0 Å². The second-order valence-electron chi connectivity index (χ2n) is 4.80. The molecule has 0 aliphatic heterocycles. The Morgan fingerprint density at radius 1 is 1.26 bits per heavy atom. The molecule has 0 fully saturated rings. The van der Waals surface area contributed by atoms with Crippen molar-refractivity contribution in [1.29, 1.82) is 0 Å². The third-order valence-corrected chi connectivity index (χ3v) is 3.40. The fourth-order valence-corrected chi connectivity index (χ4v) is 2.01. The van der Waals surface area contributed by atoms with Crippen LogP contribution in [0.3, 0.4) is 0 Å². The number of hydrogen-bond donors (Lipinski definition) is 1. The van der Waals surface area contributed by atoms with Crippen molar-refractivity contribution in [3.63, 3.8) is 0 Å². The Hall–Kier alpha value is -1.56. The van der Waals surface area contributed by atoms with Crippen LogP contribution < -0.4 is 5.73 Å². The van der Waals surface area contributed by atoms with Crippen LogP contribution in [0.25, 0.3) is 11.0 Å². The van der Waals surface area contributed by atoms with Gasteiger partial charge in [-0.3, -0.25) is 0 Å². The first-order valence-corrected chi connectivity index (χ1v) is 6.01. The molecule has 6 heteroatoms. The highest BCUT2D eigenvalue weighted by molar-refractivity contribution is 5.77. The lowest BCUT2D eigenvalue weighted by Gasteiger charge is -2.19. The summed E-state index contributed by atoms with van der Waals surface area (Å²) in [4.78, 5) is 4.14. The minimum Gasteiger partial charge on any atom is -0.330 e. The summed E-state index contributed by atoms with van der Waals surface area (Å²) in [5.41, 5.74) is 8.75. The molecule has 19 heavy (non-hydrogen) atoms. The summed E-state index contributed by atoms with van der Waals surface area (Å²) in [6.07, 6.45) is -2.84. The number of fused-ring (bicyclic) bond motifs is 1. The van der Waals surface area contributed by atoms with Crippen LogP contribution in [0, 0.1) is 19.8 Å². The minimum absolute atomic E-state index is 0.195. The van der Waals surface area contributed by atoms with E-state index in [4.69, 9.17) is 5.73 Å². The largest absolute Gasteiger partial charge is 0.394 e. The Morgan fingerprint density at radius 3 is 2.47 bits per heavy atom. The topological polar surface area (TPSA) is 43.8 Å². The van der Waals surface area contributed by atoms with E-state index >= 15 is 0 Å². The van der Waals surface area contributed by atoms with Crippen LogP contribution in [0.2, 0.25) is 0 Å². The third kappa shape index (κ3) is 2.73. The maximum Gasteiger partial charge on any atom is 0.394 e. The van der Waals surface area contributed by atoms with Gasteiger partial charge in [-0.05, 0) is 37.1 Å². The summed E-state index contributed by atoms with van der Waals surface area (Å²) in [5, 5.41) is 0. The van der Waals surface area contributed by atoms with Gasteiger partial charge in [0.05, 0.1) is 23.3 Å². The van der Waals surface area contributed by atoms with Gasteiger partial charge in [0, 0.05) is 13.1 Å². The zero-order valence-corrected chi connectivity index (χ0v) is 10.8. The molecule has 0 aliphatic rings. The first-order chi connectivity index (χ1) is 8.82. The lowest BCUT2D eigenvalue weighted by atomic mass is 10.1. The zero-order chi connectivity index (χ0) is 14.2. The molecule has 0 saturated heterocycles. The summed E-state index contributed by atoms with van der Waals surface area (Å²) in [5.74, 6) is -1.55. The third-order valence-electron chi connectivity index (χ3n) is 3.40. The maximum absolute atomic E-state index is 12.7. The smallest absolute Gasteiger partial charge is 0.330 e. The van der Waals surface area contributed by atoms with Gasteiger partial charge in [0.1, 0.15) is 0 Å². The van der Waals surface area contributed by atoms with Gasteiger partial charge in [0.25, 0.3) is 0 Å². The number of benzene rings is 1. The second-order valence-corrected chi connectivity index (χ2v) is 4.80. The van der Waals surface area contributed by atoms with Gasteiger partial charge in [-0.2, -0.15) is 13.2 Å². The number of hydrogen-bond acceptors (Lipinski definition) is 2. The lowest BCUT2D eigenvalue weighted by Crippen LogP contribution is -2.33. The SMILES string of the molecule is Cc1cc2ncn(CC(CN)C(F)(F)F)c2cc1C. The molecule has 104 valence electrons. The number of aryl methyl sites for hydroxylation is 2. The van der Waals surface area contributed by atoms with Crippen molar-refractivity contribution in [2.75, 3.05) is 6.54 Å². The number of nitrogens with zero attached hydrogens (tertiary/aromatic N) is 2. The number of nitrogens with two attached hydrogens (primary N) is 1. The standard InChI is InChI=1S/C13H16F3N3/c1-8-3-11-12(4-9(8)2)19(7-18-11)6-10(5-17)13(14,15)16/h3-4,7,10H,5-6,17H2,1-2H3. The van der Waals surface area contributed by atoms with E-state index in [9.17, 15) is 13.2 Å². The second kappa shape index (κ2) is 4.85. The molecule has 1 atom stereocenters. The normalized spacial score (nSPS) is 14.0. The fourth-order valence-electron chi connectivity index (χ4n) is 2.01. The van der Waals surface area contributed by atoms with Crippen LogP contribution in [0.15, 0.2) is 18.5 Å². The van der Waals surface area contributed by atoms with Gasteiger partial charge in [0.15, 0.2) is 0 Å². The molecule has 2 aromatic rings. The van der Waals surface area contributed by atoms with Gasteiger partial charge in [-0.25, -0.2) is 4.98 Å². The quantitative estimate of drug-likeness (QED) is 0.932. The van der Waals surface area contributed by atoms with Gasteiger partial charge >= 0.3 is 6.18 Å². The summed E-state index contributed by atoms with van der Waals surface area (Å²) in [6.45, 7) is 3.26. The molecule has 0 amide bonds. The molecule has 0 saturated carbocycles. The number of imidazole rings is 1. The molecule has 0 spiro atoms. The van der Waals surface area contributed by atoms with E-state index in [1.54, 1.807) is 0 Å². The van der Waals surface area contributed by atoms with Crippen LogP contribution in [0.1, 0.15) is 11.1 Å². The molecule has 0 aliphatic carbocycles. The molecule has 0 bridgehead atoms. The minimum atomic E-state index is -4.29. The highest BCUT2D eigenvalue weighted by Gasteiger charge is 2.38. The summed E-state index contributed by atoms with van der Waals surface area (Å²) < 4.78 is 39.7. The summed E-state index contributed by atoms with van der Waals surface area (Å²) >= 11 is 0. The monoisotopic (exact) mass is 271 g/mol. The maximum atomic E-state index is 12.7. The molecule has 1 heterocycles. The van der Waals surface area contributed by atoms with Crippen molar-refractivity contribution in [1.82, 2.24) is 9.55 Å². The summed E-state index contributed by atoms with van der Waals surface area (Å²) in [7, 11) is 0. The molecule has 2 N–H and O–H groups in total. The van der Waals surface area contributed by atoms with E-state index in [0.717, 1.165) is 11.1 Å².